The second-order valence-corrected chi connectivity index (χ2v) is 2.66. The number of alkyl halides is 3. The number of H-pyrrole nitrogens is 1. The van der Waals surface area contributed by atoms with Gasteiger partial charge in [0.2, 0.25) is 0 Å². The lowest BCUT2D eigenvalue weighted by Crippen LogP contribution is -2.15. The summed E-state index contributed by atoms with van der Waals surface area (Å²) >= 11 is 0. The van der Waals surface area contributed by atoms with Crippen LogP contribution in [0, 0.1) is 0 Å². The van der Waals surface area contributed by atoms with Crippen LogP contribution in [0.4, 0.5) is 13.2 Å². The van der Waals surface area contributed by atoms with Gasteiger partial charge in [-0.15, -0.1) is 0 Å². The van der Waals surface area contributed by atoms with E-state index in [0.717, 1.165) is 4.68 Å². The van der Waals surface area contributed by atoms with Crippen molar-refractivity contribution in [2.24, 2.45) is 0 Å². The first kappa shape index (κ1) is 9.88. The Morgan fingerprint density at radius 3 is 2.54 bits per heavy atom. The zero-order chi connectivity index (χ0) is 10.1. The van der Waals surface area contributed by atoms with Crippen LogP contribution in [-0.2, 0) is 12.7 Å². The summed E-state index contributed by atoms with van der Waals surface area (Å²) in [6.07, 6.45) is -3.87. The highest BCUT2D eigenvalue weighted by Crippen LogP contribution is 2.26. The number of rotatable bonds is 2. The Hall–Kier alpha value is -1.20. The number of aromatic amines is 1. The van der Waals surface area contributed by atoms with Crippen LogP contribution in [0.25, 0.3) is 0 Å². The lowest BCUT2D eigenvalue weighted by molar-refractivity contribution is -0.141. The summed E-state index contributed by atoms with van der Waals surface area (Å²) in [5.74, 6) is 0. The molecule has 0 saturated carbocycles. The quantitative estimate of drug-likeness (QED) is 0.762. The van der Waals surface area contributed by atoms with Crippen LogP contribution in [0.3, 0.4) is 0 Å². The van der Waals surface area contributed by atoms with E-state index in [1.54, 1.807) is 6.92 Å². The van der Waals surface area contributed by atoms with Gasteiger partial charge in [0, 0.05) is 12.6 Å². The van der Waals surface area contributed by atoms with E-state index >= 15 is 0 Å². The normalized spacial score (nSPS) is 12.0. The Bertz CT molecular complexity index is 336. The molecule has 0 amide bonds. The maximum absolute atomic E-state index is 12.0. The number of hydrogen-bond donors (Lipinski definition) is 1. The van der Waals surface area contributed by atoms with E-state index in [-0.39, 0.29) is 6.54 Å². The van der Waals surface area contributed by atoms with E-state index in [0.29, 0.717) is 12.5 Å². The first-order valence-corrected chi connectivity index (χ1v) is 3.82. The van der Waals surface area contributed by atoms with Gasteiger partial charge in [0.1, 0.15) is 5.69 Å². The molecule has 0 spiro atoms. The molecule has 0 aliphatic rings. The lowest BCUT2D eigenvalue weighted by Gasteiger charge is -2.02. The minimum atomic E-state index is -4.47. The summed E-state index contributed by atoms with van der Waals surface area (Å²) in [7, 11) is 0. The molecular formula is C7H9F3N2O. The van der Waals surface area contributed by atoms with Crippen molar-refractivity contribution in [1.29, 1.82) is 0 Å². The second-order valence-electron chi connectivity index (χ2n) is 2.66. The number of nitrogens with zero attached hydrogens (tertiary/aromatic N) is 1. The van der Waals surface area contributed by atoms with Crippen LogP contribution in [-0.4, -0.2) is 9.78 Å². The van der Waals surface area contributed by atoms with Crippen LogP contribution >= 0.6 is 0 Å². The molecule has 13 heavy (non-hydrogen) atoms. The molecule has 0 aliphatic heterocycles. The molecule has 74 valence electrons. The SMILES string of the molecule is CCCn1[nH]c(C(F)(F)F)cc1=O. The predicted molar refractivity (Wildman–Crippen MR) is 40.3 cm³/mol. The highest BCUT2D eigenvalue weighted by atomic mass is 19.4. The maximum Gasteiger partial charge on any atom is 0.432 e. The summed E-state index contributed by atoms with van der Waals surface area (Å²) in [6.45, 7) is 2.05. The molecule has 0 atom stereocenters. The van der Waals surface area contributed by atoms with Crippen molar-refractivity contribution >= 4 is 0 Å². The molecule has 1 aromatic heterocycles. The minimum absolute atomic E-state index is 0.273. The smallest absolute Gasteiger partial charge is 0.291 e. The third-order valence-electron chi connectivity index (χ3n) is 1.54. The largest absolute Gasteiger partial charge is 0.432 e. The molecule has 0 aliphatic carbocycles. The van der Waals surface area contributed by atoms with Gasteiger partial charge >= 0.3 is 6.18 Å². The second kappa shape index (κ2) is 3.27. The zero-order valence-electron chi connectivity index (χ0n) is 6.98. The molecule has 0 radical (unpaired) electrons. The molecular weight excluding hydrogens is 185 g/mol. The highest BCUT2D eigenvalue weighted by Gasteiger charge is 2.33. The number of hydrogen-bond acceptors (Lipinski definition) is 1. The number of aryl methyl sites for hydroxylation is 1. The third-order valence-corrected chi connectivity index (χ3v) is 1.54. The molecule has 0 saturated heterocycles. The predicted octanol–water partition coefficient (Wildman–Crippen LogP) is 1.61. The fourth-order valence-electron chi connectivity index (χ4n) is 0.969. The molecule has 0 fully saturated rings. The van der Waals surface area contributed by atoms with Crippen molar-refractivity contribution < 1.29 is 13.2 Å². The number of halogens is 3. The van der Waals surface area contributed by atoms with Gasteiger partial charge in [-0.3, -0.25) is 14.6 Å². The van der Waals surface area contributed by atoms with E-state index in [1.165, 1.54) is 0 Å². The summed E-state index contributed by atoms with van der Waals surface area (Å²) < 4.78 is 37.1. The van der Waals surface area contributed by atoms with Crippen molar-refractivity contribution in [1.82, 2.24) is 9.78 Å². The Kier molecular flexibility index (Phi) is 2.49. The Morgan fingerprint density at radius 2 is 2.15 bits per heavy atom. The fraction of sp³-hybridized carbons (Fsp3) is 0.571. The Morgan fingerprint density at radius 1 is 1.54 bits per heavy atom. The Labute approximate surface area is 72.2 Å². The first-order chi connectivity index (χ1) is 5.95. The van der Waals surface area contributed by atoms with Gasteiger partial charge in [0.25, 0.3) is 5.56 Å². The summed E-state index contributed by atoms with van der Waals surface area (Å²) in [5, 5.41) is 2.00. The van der Waals surface area contributed by atoms with Gasteiger partial charge in [-0.2, -0.15) is 13.2 Å². The standard InChI is InChI=1S/C7H9F3N2O/c1-2-3-12-6(13)4-5(11-12)7(8,9)10/h4,11H,2-3H2,1H3. The van der Waals surface area contributed by atoms with Gasteiger partial charge in [0.05, 0.1) is 0 Å². The van der Waals surface area contributed by atoms with E-state index in [9.17, 15) is 18.0 Å². The summed E-state index contributed by atoms with van der Waals surface area (Å²) in [6, 6.07) is 0.565. The third kappa shape index (κ3) is 2.13. The maximum atomic E-state index is 12.0. The van der Waals surface area contributed by atoms with Gasteiger partial charge in [-0.1, -0.05) is 6.92 Å². The van der Waals surface area contributed by atoms with Crippen molar-refractivity contribution in [2.75, 3.05) is 0 Å². The first-order valence-electron chi connectivity index (χ1n) is 3.82. The van der Waals surface area contributed by atoms with Crippen LogP contribution in [0.1, 0.15) is 19.0 Å². The average Bonchev–Trinajstić information content (AvgIpc) is 2.32. The molecule has 1 aromatic rings. The molecule has 1 N–H and O–H groups in total. The van der Waals surface area contributed by atoms with E-state index in [1.807, 2.05) is 5.10 Å². The Balaban J connectivity index is 3.02. The van der Waals surface area contributed by atoms with Crippen molar-refractivity contribution in [3.63, 3.8) is 0 Å². The van der Waals surface area contributed by atoms with Gasteiger partial charge in [-0.05, 0) is 6.42 Å². The van der Waals surface area contributed by atoms with Crippen LogP contribution < -0.4 is 5.56 Å². The highest BCUT2D eigenvalue weighted by molar-refractivity contribution is 5.03. The average molecular weight is 194 g/mol. The molecule has 1 heterocycles. The van der Waals surface area contributed by atoms with Crippen molar-refractivity contribution in [3.8, 4) is 0 Å². The topological polar surface area (TPSA) is 37.8 Å². The molecule has 0 unspecified atom stereocenters. The monoisotopic (exact) mass is 194 g/mol. The van der Waals surface area contributed by atoms with Crippen molar-refractivity contribution in [3.05, 3.63) is 22.1 Å². The summed E-state index contributed by atoms with van der Waals surface area (Å²) in [4.78, 5) is 10.9. The van der Waals surface area contributed by atoms with E-state index in [2.05, 4.69) is 0 Å². The minimum Gasteiger partial charge on any atom is -0.291 e. The number of aromatic nitrogens is 2. The van der Waals surface area contributed by atoms with Gasteiger partial charge < -0.3 is 0 Å². The zero-order valence-corrected chi connectivity index (χ0v) is 6.98. The molecule has 1 rings (SSSR count). The van der Waals surface area contributed by atoms with E-state index in [4.69, 9.17) is 0 Å². The summed E-state index contributed by atoms with van der Waals surface area (Å²) in [5.41, 5.74) is -1.64. The number of nitrogens with one attached hydrogen (secondary N) is 1. The molecule has 6 heteroatoms. The van der Waals surface area contributed by atoms with Gasteiger partial charge in [0.15, 0.2) is 0 Å². The fourth-order valence-corrected chi connectivity index (χ4v) is 0.969. The molecule has 0 aromatic carbocycles. The van der Waals surface area contributed by atoms with Crippen LogP contribution in [0.5, 0.6) is 0 Å². The van der Waals surface area contributed by atoms with Crippen LogP contribution in [0.15, 0.2) is 10.9 Å². The van der Waals surface area contributed by atoms with E-state index < -0.39 is 17.4 Å². The van der Waals surface area contributed by atoms with Crippen molar-refractivity contribution in [2.45, 2.75) is 26.1 Å². The lowest BCUT2D eigenvalue weighted by atomic mass is 10.4. The molecule has 0 bridgehead atoms. The van der Waals surface area contributed by atoms with Gasteiger partial charge in [-0.25, -0.2) is 0 Å². The van der Waals surface area contributed by atoms with Crippen LogP contribution in [0.2, 0.25) is 0 Å². The molecule has 3 nitrogen and oxygen atoms in total.